The number of nitrogens with zero attached hydrogens (tertiary/aromatic N) is 2. The van der Waals surface area contributed by atoms with E-state index in [0.717, 1.165) is 27.8 Å². The van der Waals surface area contributed by atoms with E-state index in [4.69, 9.17) is 14.6 Å². The molecule has 41 heavy (non-hydrogen) atoms. The summed E-state index contributed by atoms with van der Waals surface area (Å²) in [5.74, 6) is -1.33. The lowest BCUT2D eigenvalue weighted by Gasteiger charge is -2.43. The molecule has 0 bridgehead atoms. The molecule has 2 amide bonds. The van der Waals surface area contributed by atoms with Gasteiger partial charge < -0.3 is 24.8 Å². The van der Waals surface area contributed by atoms with Gasteiger partial charge in [-0.05, 0) is 34.2 Å². The summed E-state index contributed by atoms with van der Waals surface area (Å²) in [6.45, 7) is 1.98. The van der Waals surface area contributed by atoms with Crippen LogP contribution in [0.2, 0.25) is 0 Å². The normalized spacial score (nSPS) is 20.2. The van der Waals surface area contributed by atoms with Crippen LogP contribution in [0.1, 0.15) is 29.0 Å². The van der Waals surface area contributed by atoms with Crippen molar-refractivity contribution < 1.29 is 29.0 Å². The molecule has 9 nitrogen and oxygen atoms in total. The number of amides is 2. The fourth-order valence-corrected chi connectivity index (χ4v) is 6.23. The fraction of sp³-hybridized carbons (Fsp3) is 0.344. The molecule has 9 heteroatoms. The summed E-state index contributed by atoms with van der Waals surface area (Å²) < 4.78 is 11.2. The average Bonchev–Trinajstić information content (AvgIpc) is 3.50. The summed E-state index contributed by atoms with van der Waals surface area (Å²) >= 11 is 0. The summed E-state index contributed by atoms with van der Waals surface area (Å²) in [5.41, 5.74) is 4.52. The first-order valence-corrected chi connectivity index (χ1v) is 13.9. The van der Waals surface area contributed by atoms with Gasteiger partial charge in [-0.3, -0.25) is 9.69 Å². The number of carboxylic acid groups (broad SMARTS) is 1. The van der Waals surface area contributed by atoms with Crippen LogP contribution in [0, 0.1) is 0 Å². The van der Waals surface area contributed by atoms with Crippen molar-refractivity contribution in [1.29, 1.82) is 0 Å². The maximum Gasteiger partial charge on any atom is 0.408 e. The number of benzene rings is 3. The van der Waals surface area contributed by atoms with Gasteiger partial charge >= 0.3 is 12.1 Å². The topological polar surface area (TPSA) is 108 Å². The van der Waals surface area contributed by atoms with Crippen molar-refractivity contribution >= 4 is 18.0 Å². The molecule has 2 heterocycles. The van der Waals surface area contributed by atoms with Gasteiger partial charge in [0, 0.05) is 38.6 Å². The van der Waals surface area contributed by atoms with E-state index in [1.807, 2.05) is 54.6 Å². The number of rotatable bonds is 9. The van der Waals surface area contributed by atoms with Crippen LogP contribution in [0.15, 0.2) is 78.9 Å². The third kappa shape index (κ3) is 5.55. The van der Waals surface area contributed by atoms with Crippen molar-refractivity contribution in [2.45, 2.75) is 30.5 Å². The maximum atomic E-state index is 13.8. The van der Waals surface area contributed by atoms with Gasteiger partial charge in [-0.15, -0.1) is 0 Å². The molecular weight excluding hydrogens is 522 g/mol. The lowest BCUT2D eigenvalue weighted by molar-refractivity contribution is -0.158. The Morgan fingerprint density at radius 3 is 2.20 bits per heavy atom. The third-order valence-electron chi connectivity index (χ3n) is 8.27. The Hall–Kier alpha value is -4.21. The van der Waals surface area contributed by atoms with E-state index in [-0.39, 0.29) is 24.5 Å². The minimum atomic E-state index is -1.14. The van der Waals surface area contributed by atoms with Crippen molar-refractivity contribution in [3.8, 4) is 11.1 Å². The first-order chi connectivity index (χ1) is 19.9. The van der Waals surface area contributed by atoms with Crippen molar-refractivity contribution in [2.24, 2.45) is 0 Å². The second-order valence-corrected chi connectivity index (χ2v) is 11.0. The Balaban J connectivity index is 1.15. The molecule has 1 unspecified atom stereocenters. The molecule has 6 rings (SSSR count). The van der Waals surface area contributed by atoms with Gasteiger partial charge in [0.05, 0.1) is 6.10 Å². The van der Waals surface area contributed by atoms with Gasteiger partial charge in [-0.1, -0.05) is 78.9 Å². The second kappa shape index (κ2) is 11.3. The van der Waals surface area contributed by atoms with Gasteiger partial charge in [-0.2, -0.15) is 0 Å². The van der Waals surface area contributed by atoms with Crippen LogP contribution in [0.5, 0.6) is 0 Å². The summed E-state index contributed by atoms with van der Waals surface area (Å²) in [4.78, 5) is 41.8. The van der Waals surface area contributed by atoms with E-state index in [1.165, 1.54) is 0 Å². The van der Waals surface area contributed by atoms with Gasteiger partial charge in [0.1, 0.15) is 18.8 Å². The largest absolute Gasteiger partial charge is 0.480 e. The number of likely N-dealkylation sites (tertiary alicyclic amines) is 2. The summed E-state index contributed by atoms with van der Waals surface area (Å²) in [5, 5.41) is 11.9. The van der Waals surface area contributed by atoms with Crippen LogP contribution in [0.3, 0.4) is 0 Å². The van der Waals surface area contributed by atoms with Gasteiger partial charge in [0.25, 0.3) is 0 Å². The van der Waals surface area contributed by atoms with Gasteiger partial charge in [-0.25, -0.2) is 9.59 Å². The van der Waals surface area contributed by atoms with Crippen LogP contribution in [-0.4, -0.2) is 83.9 Å². The molecule has 0 saturated carbocycles. The Morgan fingerprint density at radius 2 is 1.54 bits per heavy atom. The minimum Gasteiger partial charge on any atom is -0.480 e. The minimum absolute atomic E-state index is 0.0829. The Bertz CT molecular complexity index is 1390. The highest BCUT2D eigenvalue weighted by molar-refractivity contribution is 5.91. The standard InChI is InChI=1S/C32H33N3O6/c36-29(37)20-40-23-17-35(18-23)30(38)32(14-15-34(21-32)16-22-8-2-1-3-9-22)33-31(39)41-19-28-26-12-6-4-10-24(26)25-11-5-7-13-27(25)28/h1-13,23,28H,14-21H2,(H,33,39)(H,36,37). The number of nitrogens with one attached hydrogen (secondary N) is 1. The van der Waals surface area contributed by atoms with Crippen LogP contribution >= 0.6 is 0 Å². The predicted molar refractivity (Wildman–Crippen MR) is 151 cm³/mol. The van der Waals surface area contributed by atoms with Crippen LogP contribution in [-0.2, 0) is 25.6 Å². The highest BCUT2D eigenvalue weighted by atomic mass is 16.5. The lowest BCUT2D eigenvalue weighted by atomic mass is 9.94. The molecule has 2 saturated heterocycles. The third-order valence-corrected chi connectivity index (χ3v) is 8.27. The molecular formula is C32H33N3O6. The number of aliphatic carboxylic acids is 1. The van der Waals surface area contributed by atoms with E-state index in [1.54, 1.807) is 4.90 Å². The smallest absolute Gasteiger partial charge is 0.408 e. The molecule has 3 aromatic rings. The highest BCUT2D eigenvalue weighted by Crippen LogP contribution is 2.44. The number of carbonyl (C=O) groups excluding carboxylic acids is 2. The molecule has 2 N–H and O–H groups in total. The second-order valence-electron chi connectivity index (χ2n) is 11.0. The van der Waals surface area contributed by atoms with E-state index >= 15 is 0 Å². The Labute approximate surface area is 238 Å². The Morgan fingerprint density at radius 1 is 0.902 bits per heavy atom. The molecule has 2 fully saturated rings. The van der Waals surface area contributed by atoms with Crippen LogP contribution in [0.25, 0.3) is 11.1 Å². The van der Waals surface area contributed by atoms with Gasteiger partial charge in [0.2, 0.25) is 5.91 Å². The summed E-state index contributed by atoms with van der Waals surface area (Å²) in [7, 11) is 0. The van der Waals surface area contributed by atoms with Crippen molar-refractivity contribution in [1.82, 2.24) is 15.1 Å². The van der Waals surface area contributed by atoms with Crippen LogP contribution in [0.4, 0.5) is 4.79 Å². The number of hydrogen-bond donors (Lipinski definition) is 2. The Kier molecular flexibility index (Phi) is 7.47. The number of carbonyl (C=O) groups is 3. The maximum absolute atomic E-state index is 13.8. The number of alkyl carbamates (subject to hydrolysis) is 1. The van der Waals surface area contributed by atoms with Crippen molar-refractivity contribution in [3.05, 3.63) is 95.6 Å². The zero-order valence-corrected chi connectivity index (χ0v) is 22.7. The SMILES string of the molecule is O=C(O)COC1CN(C(=O)C2(NC(=O)OCC3c4ccccc4-c4ccccc43)CCN(Cc3ccccc3)C2)C1. The van der Waals surface area contributed by atoms with E-state index < -0.39 is 24.2 Å². The molecule has 0 radical (unpaired) electrons. The quantitative estimate of drug-likeness (QED) is 0.416. The van der Waals surface area contributed by atoms with Crippen molar-refractivity contribution in [2.75, 3.05) is 39.4 Å². The number of carboxylic acids is 1. The molecule has 1 aliphatic carbocycles. The van der Waals surface area contributed by atoms with E-state index in [9.17, 15) is 14.4 Å². The monoisotopic (exact) mass is 555 g/mol. The number of hydrogen-bond acceptors (Lipinski definition) is 6. The van der Waals surface area contributed by atoms with Crippen molar-refractivity contribution in [3.63, 3.8) is 0 Å². The summed E-state index contributed by atoms with van der Waals surface area (Å²) in [6, 6.07) is 26.3. The molecule has 1 atom stereocenters. The lowest BCUT2D eigenvalue weighted by Crippen LogP contribution is -2.67. The molecule has 3 aromatic carbocycles. The molecule has 3 aliphatic rings. The number of ether oxygens (including phenoxy) is 2. The van der Waals surface area contributed by atoms with E-state index in [2.05, 4.69) is 34.5 Å². The zero-order chi connectivity index (χ0) is 28.4. The molecule has 2 aliphatic heterocycles. The molecule has 0 aromatic heterocycles. The fourth-order valence-electron chi connectivity index (χ4n) is 6.23. The van der Waals surface area contributed by atoms with Crippen LogP contribution < -0.4 is 5.32 Å². The highest BCUT2D eigenvalue weighted by Gasteiger charge is 2.50. The predicted octanol–water partition coefficient (Wildman–Crippen LogP) is 3.48. The first-order valence-electron chi connectivity index (χ1n) is 13.9. The summed E-state index contributed by atoms with van der Waals surface area (Å²) in [6.07, 6.45) is -0.510. The molecule has 212 valence electrons. The zero-order valence-electron chi connectivity index (χ0n) is 22.7. The van der Waals surface area contributed by atoms with E-state index in [0.29, 0.717) is 39.1 Å². The number of fused-ring (bicyclic) bond motifs is 3. The van der Waals surface area contributed by atoms with Gasteiger partial charge in [0.15, 0.2) is 0 Å². The molecule has 0 spiro atoms. The first kappa shape index (κ1) is 27.0. The average molecular weight is 556 g/mol.